The zero-order chi connectivity index (χ0) is 13.8. The van der Waals surface area contributed by atoms with Crippen molar-refractivity contribution >= 4 is 33.1 Å². The van der Waals surface area contributed by atoms with E-state index in [9.17, 15) is 0 Å². The minimum Gasteiger partial charge on any atom is -0.369 e. The highest BCUT2D eigenvalue weighted by Crippen LogP contribution is 2.29. The molecule has 0 spiro atoms. The predicted molar refractivity (Wildman–Crippen MR) is 83.5 cm³/mol. The van der Waals surface area contributed by atoms with E-state index < -0.39 is 0 Å². The van der Waals surface area contributed by atoms with Gasteiger partial charge in [-0.25, -0.2) is 15.0 Å². The van der Waals surface area contributed by atoms with Crippen LogP contribution in [0, 0.1) is 5.92 Å². The summed E-state index contributed by atoms with van der Waals surface area (Å²) in [5, 5.41) is 6.07. The van der Waals surface area contributed by atoms with E-state index in [2.05, 4.69) is 57.0 Å². The Morgan fingerprint density at radius 1 is 1.37 bits per heavy atom. The third-order valence-electron chi connectivity index (χ3n) is 2.49. The lowest BCUT2D eigenvalue weighted by Gasteiger charge is -2.12. The third-order valence-corrected chi connectivity index (χ3v) is 4.09. The van der Waals surface area contributed by atoms with Crippen LogP contribution < -0.4 is 5.32 Å². The monoisotopic (exact) mass is 340 g/mol. The van der Waals surface area contributed by atoms with Gasteiger partial charge >= 0.3 is 0 Å². The van der Waals surface area contributed by atoms with Crippen molar-refractivity contribution in [3.05, 3.63) is 21.7 Å². The molecule has 0 bridgehead atoms. The van der Waals surface area contributed by atoms with Crippen molar-refractivity contribution in [2.75, 3.05) is 11.9 Å². The first-order valence-electron chi connectivity index (χ1n) is 6.32. The maximum absolute atomic E-state index is 4.65. The van der Waals surface area contributed by atoms with E-state index >= 15 is 0 Å². The average Bonchev–Trinajstić information content (AvgIpc) is 2.87. The molecule has 0 saturated heterocycles. The van der Waals surface area contributed by atoms with Gasteiger partial charge in [0.2, 0.25) is 0 Å². The zero-order valence-electron chi connectivity index (χ0n) is 11.3. The van der Waals surface area contributed by atoms with E-state index in [1.165, 1.54) is 0 Å². The Morgan fingerprint density at radius 3 is 2.74 bits per heavy atom. The molecule has 0 aliphatic rings. The molecule has 2 heterocycles. The quantitative estimate of drug-likeness (QED) is 0.893. The van der Waals surface area contributed by atoms with E-state index in [1.807, 2.05) is 5.38 Å². The minimum absolute atomic E-state index is 0.546. The number of aromatic nitrogens is 3. The van der Waals surface area contributed by atoms with E-state index in [-0.39, 0.29) is 0 Å². The summed E-state index contributed by atoms with van der Waals surface area (Å²) in [6.07, 6.45) is 2.69. The summed E-state index contributed by atoms with van der Waals surface area (Å²) in [5.41, 5.74) is 1.03. The molecule has 2 aromatic rings. The van der Waals surface area contributed by atoms with Crippen molar-refractivity contribution in [2.45, 2.75) is 27.2 Å². The highest BCUT2D eigenvalue weighted by molar-refractivity contribution is 9.10. The van der Waals surface area contributed by atoms with Gasteiger partial charge in [0.25, 0.3) is 0 Å². The Morgan fingerprint density at radius 2 is 2.16 bits per heavy atom. The molecule has 102 valence electrons. The smallest absolute Gasteiger partial charge is 0.190 e. The van der Waals surface area contributed by atoms with E-state index in [0.717, 1.165) is 34.0 Å². The van der Waals surface area contributed by atoms with Gasteiger partial charge in [-0.15, -0.1) is 11.3 Å². The summed E-state index contributed by atoms with van der Waals surface area (Å²) in [4.78, 5) is 13.5. The first-order chi connectivity index (χ1) is 9.11. The Balaban J connectivity index is 2.47. The van der Waals surface area contributed by atoms with Gasteiger partial charge in [-0.1, -0.05) is 13.8 Å². The SMILES string of the molecule is CCNc1nc(-c2nccs2)nc(CC(C)C)c1Br. The van der Waals surface area contributed by atoms with Crippen LogP contribution >= 0.6 is 27.3 Å². The molecular formula is C13H17BrN4S. The fourth-order valence-electron chi connectivity index (χ4n) is 1.73. The molecule has 1 N–H and O–H groups in total. The predicted octanol–water partition coefficient (Wildman–Crippen LogP) is 3.99. The highest BCUT2D eigenvalue weighted by Gasteiger charge is 2.15. The number of anilines is 1. The lowest BCUT2D eigenvalue weighted by molar-refractivity contribution is 0.632. The molecular weight excluding hydrogens is 324 g/mol. The molecule has 0 aromatic carbocycles. The molecule has 0 aliphatic heterocycles. The van der Waals surface area contributed by atoms with Crippen LogP contribution in [0.25, 0.3) is 10.8 Å². The van der Waals surface area contributed by atoms with Crippen molar-refractivity contribution in [1.29, 1.82) is 0 Å². The molecule has 2 aromatic heterocycles. The van der Waals surface area contributed by atoms with E-state index in [4.69, 9.17) is 0 Å². The van der Waals surface area contributed by atoms with Crippen LogP contribution in [0.15, 0.2) is 16.0 Å². The first kappa shape index (κ1) is 14.4. The van der Waals surface area contributed by atoms with Crippen LogP contribution in [0.4, 0.5) is 5.82 Å². The highest BCUT2D eigenvalue weighted by atomic mass is 79.9. The number of nitrogens with one attached hydrogen (secondary N) is 1. The fraction of sp³-hybridized carbons (Fsp3) is 0.462. The standard InChI is InChI=1S/C13H17BrN4S/c1-4-15-11-10(14)9(7-8(2)3)17-12(18-11)13-16-5-6-19-13/h5-6,8H,4,7H2,1-3H3,(H,15,17,18). The number of hydrogen-bond donors (Lipinski definition) is 1. The summed E-state index contributed by atoms with van der Waals surface area (Å²) < 4.78 is 0.961. The topological polar surface area (TPSA) is 50.7 Å². The molecule has 0 aliphatic carbocycles. The molecule has 0 unspecified atom stereocenters. The molecule has 0 amide bonds. The second kappa shape index (κ2) is 6.43. The van der Waals surface area contributed by atoms with Crippen LogP contribution in [0.1, 0.15) is 26.5 Å². The molecule has 0 saturated carbocycles. The van der Waals surface area contributed by atoms with Gasteiger partial charge in [0, 0.05) is 18.1 Å². The minimum atomic E-state index is 0.546. The normalized spacial score (nSPS) is 11.0. The Labute approximate surface area is 125 Å². The van der Waals surface area contributed by atoms with Crippen LogP contribution in [-0.2, 0) is 6.42 Å². The second-order valence-corrected chi connectivity index (χ2v) is 6.31. The van der Waals surface area contributed by atoms with Crippen LogP contribution in [0.2, 0.25) is 0 Å². The van der Waals surface area contributed by atoms with Crippen LogP contribution in [0.5, 0.6) is 0 Å². The Bertz CT molecular complexity index is 540. The fourth-order valence-corrected chi connectivity index (χ4v) is 2.78. The van der Waals surface area contributed by atoms with Crippen molar-refractivity contribution in [3.8, 4) is 10.8 Å². The number of thiazole rings is 1. The average molecular weight is 341 g/mol. The van der Waals surface area contributed by atoms with Gasteiger partial charge in [-0.05, 0) is 35.2 Å². The second-order valence-electron chi connectivity index (χ2n) is 4.62. The summed E-state index contributed by atoms with van der Waals surface area (Å²) in [7, 11) is 0. The zero-order valence-corrected chi connectivity index (χ0v) is 13.7. The molecule has 0 atom stereocenters. The summed E-state index contributed by atoms with van der Waals surface area (Å²) in [6, 6.07) is 0. The Kier molecular flexibility index (Phi) is 4.87. The molecule has 0 fully saturated rings. The first-order valence-corrected chi connectivity index (χ1v) is 7.99. The number of rotatable bonds is 5. The van der Waals surface area contributed by atoms with E-state index in [1.54, 1.807) is 17.5 Å². The lowest BCUT2D eigenvalue weighted by Crippen LogP contribution is -2.08. The summed E-state index contributed by atoms with van der Waals surface area (Å²) in [5.74, 6) is 2.09. The molecule has 0 radical (unpaired) electrons. The number of halogens is 1. The number of hydrogen-bond acceptors (Lipinski definition) is 5. The van der Waals surface area contributed by atoms with Crippen molar-refractivity contribution in [2.24, 2.45) is 5.92 Å². The van der Waals surface area contributed by atoms with Crippen LogP contribution in [0.3, 0.4) is 0 Å². The van der Waals surface area contributed by atoms with Crippen molar-refractivity contribution in [1.82, 2.24) is 15.0 Å². The maximum atomic E-state index is 4.65. The summed E-state index contributed by atoms with van der Waals surface area (Å²) in [6.45, 7) is 7.25. The largest absolute Gasteiger partial charge is 0.369 e. The van der Waals surface area contributed by atoms with Gasteiger partial charge in [0.1, 0.15) is 5.82 Å². The van der Waals surface area contributed by atoms with Gasteiger partial charge in [-0.2, -0.15) is 0 Å². The third kappa shape index (κ3) is 3.51. The van der Waals surface area contributed by atoms with Crippen LogP contribution in [-0.4, -0.2) is 21.5 Å². The molecule has 6 heteroatoms. The van der Waals surface area contributed by atoms with E-state index in [0.29, 0.717) is 11.7 Å². The van der Waals surface area contributed by atoms with Crippen molar-refractivity contribution < 1.29 is 0 Å². The molecule has 4 nitrogen and oxygen atoms in total. The van der Waals surface area contributed by atoms with Gasteiger partial charge in [-0.3, -0.25) is 0 Å². The maximum Gasteiger partial charge on any atom is 0.190 e. The molecule has 2 rings (SSSR count). The lowest BCUT2D eigenvalue weighted by atomic mass is 10.1. The summed E-state index contributed by atoms with van der Waals surface area (Å²) >= 11 is 5.16. The Hall–Kier alpha value is -1.01. The number of nitrogens with zero attached hydrogens (tertiary/aromatic N) is 3. The van der Waals surface area contributed by atoms with Gasteiger partial charge < -0.3 is 5.32 Å². The molecule has 19 heavy (non-hydrogen) atoms. The van der Waals surface area contributed by atoms with Gasteiger partial charge in [0.05, 0.1) is 10.2 Å². The van der Waals surface area contributed by atoms with Crippen molar-refractivity contribution in [3.63, 3.8) is 0 Å². The van der Waals surface area contributed by atoms with Gasteiger partial charge in [0.15, 0.2) is 10.8 Å².